The van der Waals surface area contributed by atoms with E-state index in [0.717, 1.165) is 25.7 Å². The summed E-state index contributed by atoms with van der Waals surface area (Å²) in [4.78, 5) is 0. The molecule has 1 saturated carbocycles. The van der Waals surface area contributed by atoms with Crippen LogP contribution in [0.15, 0.2) is 41.0 Å². The van der Waals surface area contributed by atoms with E-state index in [-0.39, 0.29) is 29.9 Å². The third kappa shape index (κ3) is 4.98. The van der Waals surface area contributed by atoms with Crippen LogP contribution >= 0.6 is 0 Å². The minimum Gasteiger partial charge on any atom is -0.494 e. The van der Waals surface area contributed by atoms with Crippen LogP contribution in [-0.2, 0) is 10.0 Å². The van der Waals surface area contributed by atoms with Gasteiger partial charge in [-0.2, -0.15) is 0 Å². The molecule has 1 fully saturated rings. The van der Waals surface area contributed by atoms with Crippen molar-refractivity contribution in [2.45, 2.75) is 38.2 Å². The maximum absolute atomic E-state index is 12.9. The van der Waals surface area contributed by atoms with E-state index in [1.807, 2.05) is 0 Å². The molecule has 2 N–H and O–H groups in total. The Labute approximate surface area is 192 Å². The third-order valence-electron chi connectivity index (χ3n) is 5.90. The molecule has 0 bridgehead atoms. The first kappa shape index (κ1) is 23.1. The van der Waals surface area contributed by atoms with E-state index in [1.54, 1.807) is 30.3 Å². The van der Waals surface area contributed by atoms with E-state index in [1.165, 1.54) is 25.0 Å². The molecule has 11 heteroatoms. The number of sulfonamides is 1. The highest BCUT2D eigenvalue weighted by Crippen LogP contribution is 2.38. The van der Waals surface area contributed by atoms with Crippen LogP contribution in [0.25, 0.3) is 17.3 Å². The second kappa shape index (κ2) is 9.84. The molecule has 0 spiro atoms. The van der Waals surface area contributed by atoms with Gasteiger partial charge in [-0.25, -0.2) is 8.42 Å². The normalized spacial score (nSPS) is 15.5. The lowest BCUT2D eigenvalue weighted by Gasteiger charge is -2.19. The number of nitrogens with one attached hydrogen (secondary N) is 1. The fraction of sp³-hybridized carbons (Fsp3) is 0.455. The number of anilines is 1. The topological polar surface area (TPSA) is 129 Å². The van der Waals surface area contributed by atoms with Crippen molar-refractivity contribution in [3.63, 3.8) is 0 Å². The first-order chi connectivity index (χ1) is 15.9. The summed E-state index contributed by atoms with van der Waals surface area (Å²) in [7, 11) is -0.823. The van der Waals surface area contributed by atoms with E-state index in [4.69, 9.17) is 13.9 Å². The standard InChI is InChI=1S/C22H28N4O6S/c1-30-17-9-5-10-18(31-2)20(17)26-21(19-11-6-13-32-19)23-24-22(26)25-33(28,29)14-12-16(27)15-7-3-4-8-15/h5-6,9-11,13,15-16,27H,3-4,7-8,12,14H2,1-2H3,(H,24,25). The summed E-state index contributed by atoms with van der Waals surface area (Å²) >= 11 is 0. The summed E-state index contributed by atoms with van der Waals surface area (Å²) in [5, 5.41) is 18.6. The van der Waals surface area contributed by atoms with Gasteiger partial charge in [-0.05, 0) is 49.4 Å². The number of rotatable bonds is 10. The molecule has 2 aromatic heterocycles. The van der Waals surface area contributed by atoms with Gasteiger partial charge in [-0.15, -0.1) is 10.2 Å². The predicted molar refractivity (Wildman–Crippen MR) is 122 cm³/mol. The number of methoxy groups -OCH3 is 2. The first-order valence-corrected chi connectivity index (χ1v) is 12.5. The number of hydrogen-bond acceptors (Lipinski definition) is 8. The highest BCUT2D eigenvalue weighted by Gasteiger charge is 2.28. The molecule has 0 saturated heterocycles. The van der Waals surface area contributed by atoms with Gasteiger partial charge in [-0.3, -0.25) is 9.29 Å². The van der Waals surface area contributed by atoms with Crippen molar-refractivity contribution in [1.82, 2.24) is 14.8 Å². The molecule has 0 amide bonds. The lowest BCUT2D eigenvalue weighted by Crippen LogP contribution is -2.25. The number of furan rings is 1. The van der Waals surface area contributed by atoms with Gasteiger partial charge in [0.2, 0.25) is 21.8 Å². The summed E-state index contributed by atoms with van der Waals surface area (Å²) < 4.78 is 46.3. The van der Waals surface area contributed by atoms with Crippen LogP contribution in [0.4, 0.5) is 5.95 Å². The van der Waals surface area contributed by atoms with Gasteiger partial charge >= 0.3 is 0 Å². The molecule has 1 aliphatic carbocycles. The summed E-state index contributed by atoms with van der Waals surface area (Å²) in [5.74, 6) is 1.39. The van der Waals surface area contributed by atoms with Crippen molar-refractivity contribution < 1.29 is 27.4 Å². The van der Waals surface area contributed by atoms with E-state index in [2.05, 4.69) is 14.9 Å². The second-order valence-corrected chi connectivity index (χ2v) is 9.83. The zero-order valence-corrected chi connectivity index (χ0v) is 19.4. The maximum Gasteiger partial charge on any atom is 0.243 e. The Morgan fingerprint density at radius 3 is 2.45 bits per heavy atom. The minimum absolute atomic E-state index is 0.0421. The van der Waals surface area contributed by atoms with E-state index in [0.29, 0.717) is 22.9 Å². The van der Waals surface area contributed by atoms with Crippen molar-refractivity contribution in [2.24, 2.45) is 5.92 Å². The Kier molecular flexibility index (Phi) is 6.89. The molecular weight excluding hydrogens is 448 g/mol. The smallest absolute Gasteiger partial charge is 0.243 e. The summed E-state index contributed by atoms with van der Waals surface area (Å²) in [6.07, 6.45) is 5.01. The number of nitrogens with zero attached hydrogens (tertiary/aromatic N) is 3. The van der Waals surface area contributed by atoms with Gasteiger partial charge in [0.1, 0.15) is 17.2 Å². The number of ether oxygens (including phenoxy) is 2. The molecule has 1 aromatic carbocycles. The van der Waals surface area contributed by atoms with Crippen LogP contribution in [-0.4, -0.2) is 54.4 Å². The molecule has 178 valence electrons. The van der Waals surface area contributed by atoms with Gasteiger partial charge in [0.25, 0.3) is 0 Å². The van der Waals surface area contributed by atoms with E-state index >= 15 is 0 Å². The van der Waals surface area contributed by atoms with Gasteiger partial charge in [0.15, 0.2) is 5.76 Å². The average Bonchev–Trinajstić information content (AvgIpc) is 3.58. The first-order valence-electron chi connectivity index (χ1n) is 10.8. The second-order valence-electron chi connectivity index (χ2n) is 7.99. The van der Waals surface area contributed by atoms with Crippen LogP contribution in [0.5, 0.6) is 11.5 Å². The van der Waals surface area contributed by atoms with Crippen molar-refractivity contribution in [3.8, 4) is 28.8 Å². The zero-order chi connectivity index (χ0) is 23.4. The highest BCUT2D eigenvalue weighted by atomic mass is 32.2. The lowest BCUT2D eigenvalue weighted by molar-refractivity contribution is 0.107. The lowest BCUT2D eigenvalue weighted by atomic mass is 9.99. The Morgan fingerprint density at radius 1 is 1.15 bits per heavy atom. The molecule has 10 nitrogen and oxygen atoms in total. The SMILES string of the molecule is COc1cccc(OC)c1-n1c(NS(=O)(=O)CCC(O)C2CCCC2)nnc1-c1ccco1. The van der Waals surface area contributed by atoms with E-state index < -0.39 is 16.1 Å². The van der Waals surface area contributed by atoms with Crippen molar-refractivity contribution in [2.75, 3.05) is 24.7 Å². The summed E-state index contributed by atoms with van der Waals surface area (Å²) in [6.45, 7) is 0. The van der Waals surface area contributed by atoms with Gasteiger partial charge in [-0.1, -0.05) is 18.9 Å². The molecule has 1 atom stereocenters. The molecule has 0 radical (unpaired) electrons. The monoisotopic (exact) mass is 476 g/mol. The van der Waals surface area contributed by atoms with Crippen LogP contribution < -0.4 is 14.2 Å². The number of aromatic nitrogens is 3. The third-order valence-corrected chi connectivity index (χ3v) is 7.17. The zero-order valence-electron chi connectivity index (χ0n) is 18.6. The average molecular weight is 477 g/mol. The van der Waals surface area contributed by atoms with Crippen LogP contribution in [0, 0.1) is 5.92 Å². The maximum atomic E-state index is 12.9. The Balaban J connectivity index is 1.68. The number of benzene rings is 1. The molecule has 2 heterocycles. The van der Waals surface area contributed by atoms with Gasteiger partial charge < -0.3 is 19.0 Å². The fourth-order valence-electron chi connectivity index (χ4n) is 4.22. The van der Waals surface area contributed by atoms with Crippen molar-refractivity contribution in [3.05, 3.63) is 36.6 Å². The van der Waals surface area contributed by atoms with Crippen LogP contribution in [0.1, 0.15) is 32.1 Å². The number of aliphatic hydroxyl groups is 1. The van der Waals surface area contributed by atoms with Crippen LogP contribution in [0.3, 0.4) is 0 Å². The molecular formula is C22H28N4O6S. The molecule has 0 aliphatic heterocycles. The Hall–Kier alpha value is -3.05. The molecule has 4 rings (SSSR count). The van der Waals surface area contributed by atoms with Crippen molar-refractivity contribution >= 4 is 16.0 Å². The van der Waals surface area contributed by atoms with Gasteiger partial charge in [0.05, 0.1) is 32.3 Å². The predicted octanol–water partition coefficient (Wildman–Crippen LogP) is 3.23. The van der Waals surface area contributed by atoms with Crippen molar-refractivity contribution in [1.29, 1.82) is 0 Å². The Morgan fingerprint density at radius 2 is 1.85 bits per heavy atom. The summed E-state index contributed by atoms with van der Waals surface area (Å²) in [5.41, 5.74) is 0.419. The summed E-state index contributed by atoms with van der Waals surface area (Å²) in [6, 6.07) is 8.59. The fourth-order valence-corrected chi connectivity index (χ4v) is 5.29. The molecule has 33 heavy (non-hydrogen) atoms. The molecule has 3 aromatic rings. The quantitative estimate of drug-likeness (QED) is 0.456. The minimum atomic E-state index is -3.83. The van der Waals surface area contributed by atoms with Crippen LogP contribution in [0.2, 0.25) is 0 Å². The number of para-hydroxylation sites is 1. The number of aliphatic hydroxyl groups excluding tert-OH is 1. The Bertz CT molecular complexity index is 1150. The molecule has 1 unspecified atom stereocenters. The highest BCUT2D eigenvalue weighted by molar-refractivity contribution is 7.92. The number of hydrogen-bond donors (Lipinski definition) is 2. The molecule has 1 aliphatic rings. The largest absolute Gasteiger partial charge is 0.494 e. The van der Waals surface area contributed by atoms with E-state index in [9.17, 15) is 13.5 Å². The van der Waals surface area contributed by atoms with Gasteiger partial charge in [0, 0.05) is 0 Å².